The minimum Gasteiger partial charge on any atom is -0.507 e. The van der Waals surface area contributed by atoms with Gasteiger partial charge in [0.05, 0.1) is 18.7 Å². The maximum Gasteiger partial charge on any atom is 0.308 e. The highest BCUT2D eigenvalue weighted by molar-refractivity contribution is 6.51. The van der Waals surface area contributed by atoms with E-state index in [4.69, 9.17) is 9.47 Å². The van der Waals surface area contributed by atoms with E-state index in [1.165, 1.54) is 11.8 Å². The second-order valence-corrected chi connectivity index (χ2v) is 10.5. The first-order valence-corrected chi connectivity index (χ1v) is 12.8. The minimum absolute atomic E-state index is 0.0513. The fraction of sp³-hybridized carbons (Fsp3) is 0.281. The van der Waals surface area contributed by atoms with Crippen LogP contribution in [0.15, 0.2) is 72.3 Å². The second-order valence-electron chi connectivity index (χ2n) is 10.5. The van der Waals surface area contributed by atoms with Gasteiger partial charge in [-0.15, -0.1) is 0 Å². The van der Waals surface area contributed by atoms with Crippen molar-refractivity contribution in [1.29, 1.82) is 0 Å². The van der Waals surface area contributed by atoms with Crippen molar-refractivity contribution in [3.05, 3.63) is 94.6 Å². The average Bonchev–Trinajstić information content (AvgIpc) is 3.17. The van der Waals surface area contributed by atoms with Crippen molar-refractivity contribution in [1.82, 2.24) is 0 Å². The molecule has 1 aliphatic heterocycles. The van der Waals surface area contributed by atoms with E-state index in [0.717, 1.165) is 17.5 Å². The van der Waals surface area contributed by atoms with Gasteiger partial charge in [0, 0.05) is 23.7 Å². The Balaban J connectivity index is 1.95. The summed E-state index contributed by atoms with van der Waals surface area (Å²) < 4.78 is 10.8. The van der Waals surface area contributed by atoms with Crippen LogP contribution in [0.3, 0.4) is 0 Å². The number of aliphatic hydroxyl groups is 1. The van der Waals surface area contributed by atoms with Gasteiger partial charge in [0.25, 0.3) is 11.7 Å². The molecule has 1 N–H and O–H groups in total. The third kappa shape index (κ3) is 5.43. The number of aryl methyl sites for hydroxylation is 1. The average molecular weight is 528 g/mol. The number of esters is 1. The van der Waals surface area contributed by atoms with Gasteiger partial charge in [-0.3, -0.25) is 19.3 Å². The van der Waals surface area contributed by atoms with Crippen LogP contribution in [-0.4, -0.2) is 29.9 Å². The van der Waals surface area contributed by atoms with E-state index in [9.17, 15) is 19.5 Å². The van der Waals surface area contributed by atoms with Crippen molar-refractivity contribution in [2.45, 2.75) is 52.5 Å². The molecule has 1 aliphatic rings. The molecule has 1 unspecified atom stereocenters. The van der Waals surface area contributed by atoms with Crippen molar-refractivity contribution in [3.8, 4) is 11.5 Å². The van der Waals surface area contributed by atoms with Crippen molar-refractivity contribution in [2.75, 3.05) is 12.0 Å². The number of ketones is 1. The molecule has 39 heavy (non-hydrogen) atoms. The minimum atomic E-state index is -0.951. The molecule has 1 amide bonds. The molecule has 4 rings (SSSR count). The van der Waals surface area contributed by atoms with Crippen LogP contribution in [-0.2, 0) is 26.2 Å². The lowest BCUT2D eigenvalue weighted by molar-refractivity contribution is -0.132. The van der Waals surface area contributed by atoms with Crippen LogP contribution in [0, 0.1) is 0 Å². The van der Waals surface area contributed by atoms with Crippen LogP contribution < -0.4 is 14.4 Å². The molecule has 0 aromatic heterocycles. The molecule has 202 valence electrons. The number of Topliss-reactive ketones (excluding diaryl/α,β-unsaturated/α-hetero) is 1. The quantitative estimate of drug-likeness (QED) is 0.137. The van der Waals surface area contributed by atoms with Gasteiger partial charge >= 0.3 is 5.97 Å². The third-order valence-electron chi connectivity index (χ3n) is 6.78. The Hall–Kier alpha value is -4.39. The summed E-state index contributed by atoms with van der Waals surface area (Å²) in [6.45, 7) is 9.39. The molecule has 0 radical (unpaired) electrons. The van der Waals surface area contributed by atoms with Crippen molar-refractivity contribution >= 4 is 29.1 Å². The Morgan fingerprint density at radius 1 is 1.00 bits per heavy atom. The second kappa shape index (κ2) is 10.8. The van der Waals surface area contributed by atoms with Crippen LogP contribution in [0.25, 0.3) is 5.76 Å². The molecule has 0 spiro atoms. The highest BCUT2D eigenvalue weighted by Gasteiger charge is 2.47. The molecular formula is C32H33NO6. The third-order valence-corrected chi connectivity index (χ3v) is 6.78. The summed E-state index contributed by atoms with van der Waals surface area (Å²) in [5.74, 6) is -1.43. The summed E-state index contributed by atoms with van der Waals surface area (Å²) in [7, 11) is 1.58. The number of ether oxygens (including phenoxy) is 2. The van der Waals surface area contributed by atoms with Crippen LogP contribution in [0.5, 0.6) is 11.5 Å². The molecule has 1 fully saturated rings. The van der Waals surface area contributed by atoms with Crippen LogP contribution in [0.1, 0.15) is 62.9 Å². The first-order chi connectivity index (χ1) is 18.5. The Morgan fingerprint density at radius 2 is 1.69 bits per heavy atom. The molecule has 0 bridgehead atoms. The smallest absolute Gasteiger partial charge is 0.308 e. The zero-order valence-corrected chi connectivity index (χ0v) is 23.1. The lowest BCUT2D eigenvalue weighted by atomic mass is 9.84. The number of carbonyl (C=O) groups excluding carboxylic acids is 3. The Bertz CT molecular complexity index is 1460. The monoisotopic (exact) mass is 527 g/mol. The van der Waals surface area contributed by atoms with E-state index in [2.05, 4.69) is 0 Å². The number of hydrogen-bond acceptors (Lipinski definition) is 6. The zero-order valence-electron chi connectivity index (χ0n) is 23.1. The zero-order chi connectivity index (χ0) is 28.5. The van der Waals surface area contributed by atoms with Gasteiger partial charge in [-0.25, -0.2) is 0 Å². The molecule has 0 aliphatic carbocycles. The van der Waals surface area contributed by atoms with Gasteiger partial charge in [-0.1, -0.05) is 52.0 Å². The number of hydrogen-bond donors (Lipinski definition) is 1. The van der Waals surface area contributed by atoms with E-state index in [0.29, 0.717) is 22.6 Å². The van der Waals surface area contributed by atoms with Gasteiger partial charge in [0.1, 0.15) is 17.3 Å². The fourth-order valence-corrected chi connectivity index (χ4v) is 4.82. The first-order valence-electron chi connectivity index (χ1n) is 12.8. The highest BCUT2D eigenvalue weighted by atomic mass is 16.5. The topological polar surface area (TPSA) is 93.1 Å². The number of nitrogens with zero attached hydrogens (tertiary/aromatic N) is 1. The molecular weight excluding hydrogens is 494 g/mol. The molecule has 0 saturated carbocycles. The predicted molar refractivity (Wildman–Crippen MR) is 150 cm³/mol. The molecule has 3 aromatic carbocycles. The summed E-state index contributed by atoms with van der Waals surface area (Å²) in [6, 6.07) is 18.3. The van der Waals surface area contributed by atoms with Crippen molar-refractivity contribution < 1.29 is 29.0 Å². The Labute approximate surface area is 228 Å². The van der Waals surface area contributed by atoms with Gasteiger partial charge in [0.15, 0.2) is 0 Å². The van der Waals surface area contributed by atoms with Gasteiger partial charge < -0.3 is 14.6 Å². The summed E-state index contributed by atoms with van der Waals surface area (Å²) in [4.78, 5) is 40.1. The maximum atomic E-state index is 13.6. The summed E-state index contributed by atoms with van der Waals surface area (Å²) >= 11 is 0. The van der Waals surface area contributed by atoms with E-state index in [-0.39, 0.29) is 22.5 Å². The van der Waals surface area contributed by atoms with Crippen LogP contribution in [0.2, 0.25) is 0 Å². The number of anilines is 1. The van der Waals surface area contributed by atoms with Gasteiger partial charge in [-0.2, -0.15) is 0 Å². The molecule has 1 saturated heterocycles. The predicted octanol–water partition coefficient (Wildman–Crippen LogP) is 6.11. The van der Waals surface area contributed by atoms with Crippen LogP contribution >= 0.6 is 0 Å². The SMILES string of the molecule is CCc1ccc(N2C(=O)C(=O)/C(=C(/O)c3ccc(OC)c(C(C)(C)C)c3)C2c2cccc(OC(C)=O)c2)cc1. The van der Waals surface area contributed by atoms with E-state index in [1.807, 2.05) is 39.8 Å². The highest BCUT2D eigenvalue weighted by Crippen LogP contribution is 2.43. The van der Waals surface area contributed by atoms with Gasteiger partial charge in [-0.05, 0) is 65.4 Å². The summed E-state index contributed by atoms with van der Waals surface area (Å²) in [6.07, 6.45) is 0.820. The largest absolute Gasteiger partial charge is 0.507 e. The van der Waals surface area contributed by atoms with E-state index in [1.54, 1.807) is 61.7 Å². The van der Waals surface area contributed by atoms with Crippen molar-refractivity contribution in [3.63, 3.8) is 0 Å². The fourth-order valence-electron chi connectivity index (χ4n) is 4.82. The Morgan fingerprint density at radius 3 is 2.28 bits per heavy atom. The number of benzene rings is 3. The van der Waals surface area contributed by atoms with E-state index < -0.39 is 23.7 Å². The van der Waals surface area contributed by atoms with Gasteiger partial charge in [0.2, 0.25) is 0 Å². The van der Waals surface area contributed by atoms with Crippen LogP contribution in [0.4, 0.5) is 5.69 Å². The lowest BCUT2D eigenvalue weighted by Gasteiger charge is -2.26. The molecule has 1 heterocycles. The molecule has 1 atom stereocenters. The summed E-state index contributed by atoms with van der Waals surface area (Å²) in [5, 5.41) is 11.6. The standard InChI is InChI=1S/C32H33NO6/c1-7-20-11-14-23(15-12-20)33-28(21-9-8-10-24(17-21)39-19(2)34)27(30(36)31(33)37)29(35)22-13-16-26(38-6)25(18-22)32(3,4)5/h8-18,28,35H,7H2,1-6H3/b29-27+. The first kappa shape index (κ1) is 27.6. The number of amides is 1. The normalized spacial score (nSPS) is 16.9. The van der Waals surface area contributed by atoms with E-state index >= 15 is 0 Å². The number of aliphatic hydroxyl groups excluding tert-OH is 1. The number of rotatable bonds is 6. The molecule has 7 heteroatoms. The lowest BCUT2D eigenvalue weighted by Crippen LogP contribution is -2.29. The molecule has 3 aromatic rings. The molecule has 7 nitrogen and oxygen atoms in total. The maximum absolute atomic E-state index is 13.6. The number of carbonyl (C=O) groups is 3. The van der Waals surface area contributed by atoms with Crippen molar-refractivity contribution in [2.24, 2.45) is 0 Å². The number of methoxy groups -OCH3 is 1. The Kier molecular flexibility index (Phi) is 7.63. The summed E-state index contributed by atoms with van der Waals surface area (Å²) in [5.41, 5.74) is 2.97.